The zero-order chi connectivity index (χ0) is 11.0. The highest BCUT2D eigenvalue weighted by Gasteiger charge is 2.35. The van der Waals surface area contributed by atoms with E-state index in [0.717, 1.165) is 0 Å². The van der Waals surface area contributed by atoms with Crippen LogP contribution in [0, 0.1) is 10.8 Å². The van der Waals surface area contributed by atoms with E-state index in [2.05, 4.69) is 0 Å². The zero-order valence-electron chi connectivity index (χ0n) is 8.58. The van der Waals surface area contributed by atoms with Crippen LogP contribution < -0.4 is 5.73 Å². The fourth-order valence-corrected chi connectivity index (χ4v) is 2.43. The molecule has 0 aromatic carbocycles. The molecule has 0 unspecified atom stereocenters. The molecule has 6 heteroatoms. The minimum Gasteiger partial charge on any atom is -0.387 e. The second-order valence-electron chi connectivity index (χ2n) is 4.14. The molecule has 0 spiro atoms. The molecule has 0 amide bonds. The summed E-state index contributed by atoms with van der Waals surface area (Å²) < 4.78 is 23.9. The van der Waals surface area contributed by atoms with Crippen LogP contribution in [0.2, 0.25) is 0 Å². The van der Waals surface area contributed by atoms with Crippen LogP contribution in [0.4, 0.5) is 0 Å². The third-order valence-corrected chi connectivity index (χ3v) is 4.25. The van der Waals surface area contributed by atoms with E-state index in [9.17, 15) is 8.42 Å². The van der Waals surface area contributed by atoms with Gasteiger partial charge in [-0.05, 0) is 12.8 Å². The van der Waals surface area contributed by atoms with E-state index < -0.39 is 10.0 Å². The Morgan fingerprint density at radius 3 is 2.14 bits per heavy atom. The predicted octanol–water partition coefficient (Wildman–Crippen LogP) is -0.0159. The van der Waals surface area contributed by atoms with Crippen molar-refractivity contribution < 1.29 is 8.42 Å². The van der Waals surface area contributed by atoms with Gasteiger partial charge in [-0.2, -0.15) is 0 Å². The number of hydrogen-bond donors (Lipinski definition) is 2. The Balaban J connectivity index is 2.68. The van der Waals surface area contributed by atoms with Gasteiger partial charge < -0.3 is 5.73 Å². The fraction of sp³-hybridized carbons (Fsp3) is 0.875. The van der Waals surface area contributed by atoms with Gasteiger partial charge in [-0.1, -0.05) is 6.92 Å². The quantitative estimate of drug-likeness (QED) is 0.505. The summed E-state index contributed by atoms with van der Waals surface area (Å²) >= 11 is 0. The van der Waals surface area contributed by atoms with Crippen LogP contribution in [-0.2, 0) is 10.0 Å². The maximum Gasteiger partial charge on any atom is 0.211 e. The third kappa shape index (κ3) is 2.24. The molecule has 1 fully saturated rings. The van der Waals surface area contributed by atoms with Crippen LogP contribution in [0.25, 0.3) is 0 Å². The first-order valence-electron chi connectivity index (χ1n) is 4.55. The van der Waals surface area contributed by atoms with Gasteiger partial charge in [-0.3, -0.25) is 5.41 Å². The summed E-state index contributed by atoms with van der Waals surface area (Å²) in [5.74, 6) is 0.158. The number of nitrogens with two attached hydrogens (primary N) is 1. The number of piperidine rings is 1. The molecule has 1 saturated heterocycles. The molecule has 0 saturated carbocycles. The van der Waals surface area contributed by atoms with Gasteiger partial charge in [0.25, 0.3) is 0 Å². The molecule has 3 N–H and O–H groups in total. The average molecular weight is 219 g/mol. The van der Waals surface area contributed by atoms with Crippen molar-refractivity contribution in [3.63, 3.8) is 0 Å². The second kappa shape index (κ2) is 3.51. The number of hydrogen-bond acceptors (Lipinski definition) is 3. The molecular formula is C8H17N3O2S. The largest absolute Gasteiger partial charge is 0.387 e. The van der Waals surface area contributed by atoms with E-state index in [1.807, 2.05) is 6.92 Å². The van der Waals surface area contributed by atoms with E-state index in [1.54, 1.807) is 0 Å². The van der Waals surface area contributed by atoms with Gasteiger partial charge in [-0.15, -0.1) is 0 Å². The lowest BCUT2D eigenvalue weighted by atomic mass is 9.80. The van der Waals surface area contributed by atoms with Crippen molar-refractivity contribution in [1.29, 1.82) is 5.41 Å². The Hall–Kier alpha value is -0.620. The first-order chi connectivity index (χ1) is 6.26. The number of nitrogens with zero attached hydrogens (tertiary/aromatic N) is 1. The molecule has 1 aliphatic rings. The summed E-state index contributed by atoms with van der Waals surface area (Å²) in [4.78, 5) is 0. The van der Waals surface area contributed by atoms with Gasteiger partial charge >= 0.3 is 0 Å². The lowest BCUT2D eigenvalue weighted by molar-refractivity contribution is 0.241. The highest BCUT2D eigenvalue weighted by atomic mass is 32.2. The first kappa shape index (κ1) is 11.5. The van der Waals surface area contributed by atoms with Crippen LogP contribution in [-0.4, -0.2) is 37.9 Å². The highest BCUT2D eigenvalue weighted by molar-refractivity contribution is 7.88. The number of nitrogens with one attached hydrogen (secondary N) is 1. The standard InChI is InChI=1S/C8H17N3O2S/c1-8(7(9)10)3-5-11(6-4-8)14(2,12)13/h3-6H2,1-2H3,(H3,9,10). The smallest absolute Gasteiger partial charge is 0.211 e. The monoisotopic (exact) mass is 219 g/mol. The molecule has 0 bridgehead atoms. The van der Waals surface area contributed by atoms with E-state index >= 15 is 0 Å². The molecule has 0 aromatic heterocycles. The van der Waals surface area contributed by atoms with Crippen molar-refractivity contribution in [1.82, 2.24) is 4.31 Å². The van der Waals surface area contributed by atoms with E-state index in [4.69, 9.17) is 11.1 Å². The highest BCUT2D eigenvalue weighted by Crippen LogP contribution is 2.31. The topological polar surface area (TPSA) is 87.2 Å². The van der Waals surface area contributed by atoms with Crippen LogP contribution in [0.3, 0.4) is 0 Å². The third-order valence-electron chi connectivity index (χ3n) is 2.95. The molecular weight excluding hydrogens is 202 g/mol. The molecule has 82 valence electrons. The lowest BCUT2D eigenvalue weighted by Gasteiger charge is -2.37. The molecule has 0 aromatic rings. The summed E-state index contributed by atoms with van der Waals surface area (Å²) in [7, 11) is -3.08. The lowest BCUT2D eigenvalue weighted by Crippen LogP contribution is -2.46. The average Bonchev–Trinajstić information content (AvgIpc) is 2.03. The van der Waals surface area contributed by atoms with Crippen LogP contribution in [0.15, 0.2) is 0 Å². The van der Waals surface area contributed by atoms with Crippen molar-refractivity contribution in [3.8, 4) is 0 Å². The molecule has 14 heavy (non-hydrogen) atoms. The van der Waals surface area contributed by atoms with Crippen molar-refractivity contribution in [2.45, 2.75) is 19.8 Å². The SMILES string of the molecule is CC1(C(=N)N)CCN(S(C)(=O)=O)CC1. The Labute approximate surface area is 84.8 Å². The number of sulfonamides is 1. The fourth-order valence-electron chi connectivity index (χ4n) is 1.58. The van der Waals surface area contributed by atoms with Gasteiger partial charge in [0.2, 0.25) is 10.0 Å². The Morgan fingerprint density at radius 1 is 1.43 bits per heavy atom. The summed E-state index contributed by atoms with van der Waals surface area (Å²) in [6, 6.07) is 0. The number of amidine groups is 1. The number of rotatable bonds is 2. The van der Waals surface area contributed by atoms with Crippen molar-refractivity contribution in [2.75, 3.05) is 19.3 Å². The van der Waals surface area contributed by atoms with E-state index in [-0.39, 0.29) is 11.3 Å². The maximum atomic E-state index is 11.2. The van der Waals surface area contributed by atoms with Gasteiger partial charge in [0, 0.05) is 18.5 Å². The van der Waals surface area contributed by atoms with Gasteiger partial charge in [-0.25, -0.2) is 12.7 Å². The molecule has 1 heterocycles. The first-order valence-corrected chi connectivity index (χ1v) is 6.40. The molecule has 1 aliphatic heterocycles. The van der Waals surface area contributed by atoms with Crippen LogP contribution in [0.5, 0.6) is 0 Å². The van der Waals surface area contributed by atoms with Crippen molar-refractivity contribution >= 4 is 15.9 Å². The van der Waals surface area contributed by atoms with Gasteiger partial charge in [0.1, 0.15) is 0 Å². The minimum atomic E-state index is -3.08. The van der Waals surface area contributed by atoms with Crippen molar-refractivity contribution in [3.05, 3.63) is 0 Å². The molecule has 5 nitrogen and oxygen atoms in total. The van der Waals surface area contributed by atoms with E-state index in [1.165, 1.54) is 10.6 Å². The molecule has 0 radical (unpaired) electrons. The van der Waals surface area contributed by atoms with Crippen LogP contribution >= 0.6 is 0 Å². The van der Waals surface area contributed by atoms with Gasteiger partial charge in [0.15, 0.2) is 0 Å². The molecule has 0 atom stereocenters. The normalized spacial score (nSPS) is 23.3. The Morgan fingerprint density at radius 2 is 1.86 bits per heavy atom. The maximum absolute atomic E-state index is 11.2. The zero-order valence-corrected chi connectivity index (χ0v) is 9.39. The van der Waals surface area contributed by atoms with Crippen LogP contribution in [0.1, 0.15) is 19.8 Å². The summed E-state index contributed by atoms with van der Waals surface area (Å²) in [5, 5.41) is 7.42. The second-order valence-corrected chi connectivity index (χ2v) is 6.12. The predicted molar refractivity (Wildman–Crippen MR) is 55.7 cm³/mol. The summed E-state index contributed by atoms with van der Waals surface area (Å²) in [5.41, 5.74) is 5.15. The Kier molecular flexibility index (Phi) is 2.87. The summed E-state index contributed by atoms with van der Waals surface area (Å²) in [6.45, 7) is 2.85. The van der Waals surface area contributed by atoms with Crippen molar-refractivity contribution in [2.24, 2.45) is 11.1 Å². The molecule has 0 aliphatic carbocycles. The van der Waals surface area contributed by atoms with Gasteiger partial charge in [0.05, 0.1) is 12.1 Å². The Bertz CT molecular complexity index is 328. The summed E-state index contributed by atoms with van der Waals surface area (Å²) in [6.07, 6.45) is 2.48. The van der Waals surface area contributed by atoms with E-state index in [0.29, 0.717) is 25.9 Å². The minimum absolute atomic E-state index is 0.158. The molecule has 1 rings (SSSR count).